The number of carbonyl (C=O) groups is 2. The second-order valence-electron chi connectivity index (χ2n) is 8.00. The van der Waals surface area contributed by atoms with E-state index in [9.17, 15) is 14.4 Å². The van der Waals surface area contributed by atoms with Crippen LogP contribution in [0.15, 0.2) is 53.8 Å². The van der Waals surface area contributed by atoms with E-state index >= 15 is 0 Å². The molecule has 8 heteroatoms. The Morgan fingerprint density at radius 1 is 1.16 bits per heavy atom. The minimum Gasteiger partial charge on any atom is -0.352 e. The number of pyridine rings is 1. The summed E-state index contributed by atoms with van der Waals surface area (Å²) in [7, 11) is 1.82. The van der Waals surface area contributed by atoms with Gasteiger partial charge in [0.25, 0.3) is 17.4 Å². The number of aryl methyl sites for hydroxylation is 3. The Bertz CT molecular complexity index is 1200. The minimum absolute atomic E-state index is 0.155. The Labute approximate surface area is 186 Å². The van der Waals surface area contributed by atoms with E-state index in [-0.39, 0.29) is 22.9 Å². The van der Waals surface area contributed by atoms with Crippen molar-refractivity contribution in [2.24, 2.45) is 7.05 Å². The number of nitrogens with zero attached hydrogens (tertiary/aromatic N) is 4. The molecular formula is C24H27N5O3. The molecule has 0 saturated heterocycles. The van der Waals surface area contributed by atoms with Gasteiger partial charge in [-0.15, -0.1) is 0 Å². The molecule has 0 atom stereocenters. The summed E-state index contributed by atoms with van der Waals surface area (Å²) in [6.45, 7) is 3.49. The summed E-state index contributed by atoms with van der Waals surface area (Å²) in [6, 6.07) is 9.91. The third kappa shape index (κ3) is 4.34. The third-order valence-electron chi connectivity index (χ3n) is 5.73. The molecule has 0 bridgehead atoms. The van der Waals surface area contributed by atoms with Crippen molar-refractivity contribution in [2.45, 2.75) is 32.9 Å². The first-order valence-corrected chi connectivity index (χ1v) is 10.8. The molecule has 0 saturated carbocycles. The lowest BCUT2D eigenvalue weighted by atomic mass is 9.95. The van der Waals surface area contributed by atoms with Gasteiger partial charge in [0.15, 0.2) is 0 Å². The lowest BCUT2D eigenvalue weighted by Crippen LogP contribution is -2.41. The highest BCUT2D eigenvalue weighted by atomic mass is 16.2. The van der Waals surface area contributed by atoms with Crippen molar-refractivity contribution in [3.8, 4) is 0 Å². The van der Waals surface area contributed by atoms with Crippen molar-refractivity contribution in [3.63, 3.8) is 0 Å². The molecule has 3 aromatic rings. The molecule has 32 heavy (non-hydrogen) atoms. The molecule has 1 aromatic carbocycles. The van der Waals surface area contributed by atoms with E-state index in [1.807, 2.05) is 44.3 Å². The Hall–Kier alpha value is -3.68. The molecule has 3 heterocycles. The first-order chi connectivity index (χ1) is 15.5. The minimum atomic E-state index is -0.354. The molecular weight excluding hydrogens is 406 g/mol. The number of hydrogen-bond donors (Lipinski definition) is 1. The van der Waals surface area contributed by atoms with Crippen LogP contribution >= 0.6 is 0 Å². The van der Waals surface area contributed by atoms with Crippen molar-refractivity contribution < 1.29 is 9.59 Å². The van der Waals surface area contributed by atoms with Crippen molar-refractivity contribution in [2.75, 3.05) is 13.1 Å². The number of rotatable bonds is 6. The summed E-state index contributed by atoms with van der Waals surface area (Å²) in [4.78, 5) is 44.8. The predicted octanol–water partition coefficient (Wildman–Crippen LogP) is 1.77. The highest BCUT2D eigenvalue weighted by Crippen LogP contribution is 2.22. The molecule has 0 radical (unpaired) electrons. The number of carbonyl (C=O) groups excluding carboxylic acids is 2. The van der Waals surface area contributed by atoms with Gasteiger partial charge in [0.1, 0.15) is 11.3 Å². The van der Waals surface area contributed by atoms with E-state index in [1.54, 1.807) is 32.8 Å². The fourth-order valence-electron chi connectivity index (χ4n) is 4.11. The van der Waals surface area contributed by atoms with Crippen molar-refractivity contribution in [1.29, 1.82) is 0 Å². The van der Waals surface area contributed by atoms with E-state index in [4.69, 9.17) is 0 Å². The van der Waals surface area contributed by atoms with E-state index in [1.165, 1.54) is 0 Å². The molecule has 2 amide bonds. The van der Waals surface area contributed by atoms with Crippen LogP contribution in [0.4, 0.5) is 0 Å². The topological polar surface area (TPSA) is 89.2 Å². The van der Waals surface area contributed by atoms with Gasteiger partial charge in [-0.25, -0.2) is 4.98 Å². The maximum absolute atomic E-state index is 13.2. The zero-order valence-electron chi connectivity index (χ0n) is 18.4. The molecule has 4 rings (SSSR count). The van der Waals surface area contributed by atoms with Crippen LogP contribution in [0.5, 0.6) is 0 Å². The molecule has 1 aliphatic rings. The summed E-state index contributed by atoms with van der Waals surface area (Å²) in [5, 5.41) is 2.77. The van der Waals surface area contributed by atoms with Gasteiger partial charge in [0.2, 0.25) is 0 Å². The number of amides is 2. The van der Waals surface area contributed by atoms with Gasteiger partial charge >= 0.3 is 0 Å². The molecule has 166 valence electrons. The highest BCUT2D eigenvalue weighted by Gasteiger charge is 2.29. The van der Waals surface area contributed by atoms with Crippen LogP contribution in [-0.4, -0.2) is 43.9 Å². The average molecular weight is 434 g/mol. The number of imidazole rings is 1. The largest absolute Gasteiger partial charge is 0.352 e. The van der Waals surface area contributed by atoms with Crippen molar-refractivity contribution >= 4 is 11.8 Å². The maximum atomic E-state index is 13.2. The van der Waals surface area contributed by atoms with Gasteiger partial charge in [-0.3, -0.25) is 14.4 Å². The molecule has 0 unspecified atom stereocenters. The molecule has 0 fully saturated rings. The first kappa shape index (κ1) is 21.5. The van der Waals surface area contributed by atoms with E-state index < -0.39 is 0 Å². The standard InChI is InChI=1S/C24H27N5O3/c1-3-25-22(30)21-19-10-12-28(23(31)20-15-27(2)16-26-20)13-18(19)14-29(24(21)32)11-9-17-7-5-4-6-8-17/h4-8,14-16H,3,9-13H2,1-2H3,(H,25,30). The van der Waals surface area contributed by atoms with Crippen LogP contribution in [-0.2, 0) is 33.0 Å². The zero-order valence-corrected chi connectivity index (χ0v) is 18.4. The van der Waals surface area contributed by atoms with Gasteiger partial charge in [0.05, 0.1) is 6.33 Å². The first-order valence-electron chi connectivity index (χ1n) is 10.8. The maximum Gasteiger partial charge on any atom is 0.274 e. The number of aromatic nitrogens is 3. The number of nitrogens with one attached hydrogen (secondary N) is 1. The van der Waals surface area contributed by atoms with Crippen molar-refractivity contribution in [1.82, 2.24) is 24.3 Å². The Balaban J connectivity index is 1.67. The van der Waals surface area contributed by atoms with Crippen LogP contribution in [0.2, 0.25) is 0 Å². The normalized spacial score (nSPS) is 13.0. The summed E-state index contributed by atoms with van der Waals surface area (Å²) in [5.41, 5.74) is 2.98. The van der Waals surface area contributed by atoms with Crippen LogP contribution in [0.3, 0.4) is 0 Å². The van der Waals surface area contributed by atoms with Crippen LogP contribution in [0, 0.1) is 0 Å². The fourth-order valence-corrected chi connectivity index (χ4v) is 4.11. The summed E-state index contributed by atoms with van der Waals surface area (Å²) in [6.07, 6.45) is 6.22. The summed E-state index contributed by atoms with van der Waals surface area (Å²) < 4.78 is 3.34. The predicted molar refractivity (Wildman–Crippen MR) is 121 cm³/mol. The van der Waals surface area contributed by atoms with E-state index in [2.05, 4.69) is 10.3 Å². The molecule has 0 spiro atoms. The monoisotopic (exact) mass is 433 g/mol. The Kier molecular flexibility index (Phi) is 6.20. The average Bonchev–Trinajstić information content (AvgIpc) is 3.24. The highest BCUT2D eigenvalue weighted by molar-refractivity contribution is 5.96. The second-order valence-corrected chi connectivity index (χ2v) is 8.00. The molecule has 8 nitrogen and oxygen atoms in total. The lowest BCUT2D eigenvalue weighted by molar-refractivity contribution is 0.0728. The Morgan fingerprint density at radius 2 is 1.94 bits per heavy atom. The van der Waals surface area contributed by atoms with Crippen LogP contribution in [0.25, 0.3) is 0 Å². The second kappa shape index (κ2) is 9.21. The summed E-state index contributed by atoms with van der Waals surface area (Å²) in [5.74, 6) is -0.509. The number of fused-ring (bicyclic) bond motifs is 1. The van der Waals surface area contributed by atoms with Gasteiger partial charge in [0, 0.05) is 45.6 Å². The SMILES string of the molecule is CCNC(=O)c1c2c(cn(CCc3ccccc3)c1=O)CN(C(=O)c1cn(C)cn1)CC2. The molecule has 0 aliphatic carbocycles. The van der Waals surface area contributed by atoms with Gasteiger partial charge in [-0.2, -0.15) is 0 Å². The smallest absolute Gasteiger partial charge is 0.274 e. The zero-order chi connectivity index (χ0) is 22.7. The van der Waals surface area contributed by atoms with Gasteiger partial charge in [-0.1, -0.05) is 30.3 Å². The van der Waals surface area contributed by atoms with Crippen LogP contribution in [0.1, 0.15) is 44.5 Å². The number of hydrogen-bond acceptors (Lipinski definition) is 4. The fraction of sp³-hybridized carbons (Fsp3) is 0.333. The molecule has 2 aromatic heterocycles. The quantitative estimate of drug-likeness (QED) is 0.642. The molecule has 1 aliphatic heterocycles. The van der Waals surface area contributed by atoms with Gasteiger partial charge < -0.3 is 19.4 Å². The van der Waals surface area contributed by atoms with Gasteiger partial charge in [-0.05, 0) is 36.5 Å². The van der Waals surface area contributed by atoms with Crippen molar-refractivity contribution in [3.05, 3.63) is 87.4 Å². The van der Waals surface area contributed by atoms with E-state index in [0.717, 1.165) is 16.7 Å². The molecule has 1 N–H and O–H groups in total. The van der Waals surface area contributed by atoms with Crippen LogP contribution < -0.4 is 10.9 Å². The Morgan fingerprint density at radius 3 is 2.62 bits per heavy atom. The number of benzene rings is 1. The third-order valence-corrected chi connectivity index (χ3v) is 5.73. The lowest BCUT2D eigenvalue weighted by Gasteiger charge is -2.30. The van der Waals surface area contributed by atoms with E-state index in [0.29, 0.717) is 44.7 Å². The summed E-state index contributed by atoms with van der Waals surface area (Å²) >= 11 is 0.